The van der Waals surface area contributed by atoms with E-state index in [1.54, 1.807) is 4.90 Å². The molecule has 2 rings (SSSR count). The van der Waals surface area contributed by atoms with Crippen LogP contribution in [0.1, 0.15) is 24.5 Å². The molecule has 1 fully saturated rings. The first kappa shape index (κ1) is 15.4. The van der Waals surface area contributed by atoms with Crippen molar-refractivity contribution in [3.63, 3.8) is 0 Å². The van der Waals surface area contributed by atoms with Crippen molar-refractivity contribution in [2.24, 2.45) is 5.92 Å². The molecule has 114 valence electrons. The number of carboxylic acid groups (broad SMARTS) is 1. The number of aryl methyl sites for hydroxylation is 1. The number of benzene rings is 1. The summed E-state index contributed by atoms with van der Waals surface area (Å²) in [5.74, 6) is -1.25. The largest absolute Gasteiger partial charge is 0.481 e. The molecule has 1 aromatic carbocycles. The van der Waals surface area contributed by atoms with Crippen LogP contribution < -0.4 is 5.32 Å². The number of carboxylic acids is 1. The second-order valence-electron chi connectivity index (χ2n) is 5.75. The lowest BCUT2D eigenvalue weighted by Crippen LogP contribution is -2.43. The third kappa shape index (κ3) is 3.97. The molecule has 21 heavy (non-hydrogen) atoms. The fraction of sp³-hybridized carbons (Fsp3) is 0.500. The maximum atomic E-state index is 12.1. The summed E-state index contributed by atoms with van der Waals surface area (Å²) in [5, 5.41) is 11.9. The van der Waals surface area contributed by atoms with E-state index in [1.807, 2.05) is 19.1 Å². The number of rotatable bonds is 4. The zero-order valence-electron chi connectivity index (χ0n) is 12.5. The molecule has 1 heterocycles. The fourth-order valence-corrected chi connectivity index (χ4v) is 2.67. The Morgan fingerprint density at radius 2 is 2.14 bits per heavy atom. The van der Waals surface area contributed by atoms with Crippen molar-refractivity contribution in [2.45, 2.75) is 32.7 Å². The number of nitrogens with one attached hydrogen (secondary N) is 1. The molecule has 1 aliphatic rings. The summed E-state index contributed by atoms with van der Waals surface area (Å²) in [4.78, 5) is 24.6. The van der Waals surface area contributed by atoms with Gasteiger partial charge in [0.15, 0.2) is 0 Å². The highest BCUT2D eigenvalue weighted by atomic mass is 16.4. The molecule has 0 aliphatic carbocycles. The summed E-state index contributed by atoms with van der Waals surface area (Å²) >= 11 is 0. The summed E-state index contributed by atoms with van der Waals surface area (Å²) in [7, 11) is 0. The first-order chi connectivity index (χ1) is 9.97. The molecule has 2 amide bonds. The van der Waals surface area contributed by atoms with Gasteiger partial charge in [-0.2, -0.15) is 0 Å². The van der Waals surface area contributed by atoms with Gasteiger partial charge in [0, 0.05) is 19.1 Å². The van der Waals surface area contributed by atoms with E-state index in [4.69, 9.17) is 5.11 Å². The quantitative estimate of drug-likeness (QED) is 0.891. The maximum Gasteiger partial charge on any atom is 0.317 e. The predicted molar refractivity (Wildman–Crippen MR) is 80.2 cm³/mol. The van der Waals surface area contributed by atoms with Crippen LogP contribution in [-0.4, -0.2) is 41.1 Å². The van der Waals surface area contributed by atoms with Gasteiger partial charge in [-0.3, -0.25) is 4.79 Å². The van der Waals surface area contributed by atoms with E-state index in [0.29, 0.717) is 19.5 Å². The highest BCUT2D eigenvalue weighted by Crippen LogP contribution is 2.16. The van der Waals surface area contributed by atoms with Gasteiger partial charge in [-0.05, 0) is 37.8 Å². The fourth-order valence-electron chi connectivity index (χ4n) is 2.67. The Kier molecular flexibility index (Phi) is 4.83. The Morgan fingerprint density at radius 3 is 2.76 bits per heavy atom. The van der Waals surface area contributed by atoms with Gasteiger partial charge < -0.3 is 15.3 Å². The highest BCUT2D eigenvalue weighted by molar-refractivity contribution is 5.77. The topological polar surface area (TPSA) is 69.6 Å². The highest BCUT2D eigenvalue weighted by Gasteiger charge is 2.31. The minimum absolute atomic E-state index is 0.0162. The van der Waals surface area contributed by atoms with Crippen molar-refractivity contribution < 1.29 is 14.7 Å². The first-order valence-corrected chi connectivity index (χ1v) is 7.30. The van der Waals surface area contributed by atoms with E-state index in [1.165, 1.54) is 11.1 Å². The molecule has 5 nitrogen and oxygen atoms in total. The summed E-state index contributed by atoms with van der Waals surface area (Å²) in [6.45, 7) is 4.84. The number of carbonyl (C=O) groups excluding carboxylic acids is 1. The number of nitrogens with zero attached hydrogens (tertiary/aromatic N) is 1. The Bertz CT molecular complexity index is 530. The normalized spacial score (nSPS) is 19.3. The molecular weight excluding hydrogens is 268 g/mol. The van der Waals surface area contributed by atoms with E-state index >= 15 is 0 Å². The number of hydrogen-bond donors (Lipinski definition) is 2. The Balaban J connectivity index is 1.86. The smallest absolute Gasteiger partial charge is 0.317 e. The minimum atomic E-state index is -0.821. The third-order valence-corrected chi connectivity index (χ3v) is 3.98. The summed E-state index contributed by atoms with van der Waals surface area (Å²) in [6.07, 6.45) is 1.31. The molecule has 0 spiro atoms. The molecular formula is C16H22N2O3. The average Bonchev–Trinajstić information content (AvgIpc) is 2.91. The second kappa shape index (κ2) is 6.61. The number of amides is 2. The number of aliphatic carboxylic acids is 1. The van der Waals surface area contributed by atoms with Gasteiger partial charge in [0.05, 0.1) is 5.92 Å². The molecule has 2 atom stereocenters. The second-order valence-corrected chi connectivity index (χ2v) is 5.75. The number of likely N-dealkylation sites (tertiary alicyclic amines) is 1. The van der Waals surface area contributed by atoms with Crippen LogP contribution in [0.3, 0.4) is 0 Å². The lowest BCUT2D eigenvalue weighted by molar-refractivity contribution is -0.141. The number of hydrogen-bond acceptors (Lipinski definition) is 2. The lowest BCUT2D eigenvalue weighted by Gasteiger charge is -2.21. The van der Waals surface area contributed by atoms with E-state index in [0.717, 1.165) is 6.42 Å². The molecule has 0 radical (unpaired) electrons. The van der Waals surface area contributed by atoms with Crippen molar-refractivity contribution >= 4 is 12.0 Å². The van der Waals surface area contributed by atoms with Crippen LogP contribution in [0.5, 0.6) is 0 Å². The Morgan fingerprint density at radius 1 is 1.43 bits per heavy atom. The molecule has 2 N–H and O–H groups in total. The molecule has 5 heteroatoms. The summed E-state index contributed by atoms with van der Waals surface area (Å²) < 4.78 is 0. The van der Waals surface area contributed by atoms with Gasteiger partial charge in [-0.25, -0.2) is 4.79 Å². The van der Waals surface area contributed by atoms with Crippen LogP contribution in [0.2, 0.25) is 0 Å². The van der Waals surface area contributed by atoms with Crippen molar-refractivity contribution in [2.75, 3.05) is 13.1 Å². The van der Waals surface area contributed by atoms with Crippen LogP contribution in [0, 0.1) is 12.8 Å². The van der Waals surface area contributed by atoms with Crippen LogP contribution in [-0.2, 0) is 11.2 Å². The molecule has 1 aromatic rings. The van der Waals surface area contributed by atoms with Crippen LogP contribution in [0.25, 0.3) is 0 Å². The Hall–Kier alpha value is -2.04. The van der Waals surface area contributed by atoms with Gasteiger partial charge in [-0.1, -0.05) is 24.3 Å². The summed E-state index contributed by atoms with van der Waals surface area (Å²) in [5.41, 5.74) is 2.43. The molecule has 1 saturated heterocycles. The SMILES string of the molecule is Cc1ccccc1CC(C)NC(=O)N1CCC(C(=O)O)C1. The number of carbonyl (C=O) groups is 2. The van der Waals surface area contributed by atoms with E-state index in [-0.39, 0.29) is 12.1 Å². The van der Waals surface area contributed by atoms with Gasteiger partial charge in [-0.15, -0.1) is 0 Å². The van der Waals surface area contributed by atoms with E-state index < -0.39 is 11.9 Å². The van der Waals surface area contributed by atoms with E-state index in [2.05, 4.69) is 24.4 Å². The summed E-state index contributed by atoms with van der Waals surface area (Å²) in [6, 6.07) is 7.96. The molecule has 1 aliphatic heterocycles. The van der Waals surface area contributed by atoms with Crippen LogP contribution in [0.15, 0.2) is 24.3 Å². The lowest BCUT2D eigenvalue weighted by atomic mass is 10.0. The van der Waals surface area contributed by atoms with Crippen LogP contribution in [0.4, 0.5) is 4.79 Å². The van der Waals surface area contributed by atoms with Crippen molar-refractivity contribution in [3.8, 4) is 0 Å². The maximum absolute atomic E-state index is 12.1. The third-order valence-electron chi connectivity index (χ3n) is 3.98. The standard InChI is InChI=1S/C16H22N2O3/c1-11-5-3-4-6-13(11)9-12(2)17-16(21)18-8-7-14(10-18)15(19)20/h3-6,12,14H,7-10H2,1-2H3,(H,17,21)(H,19,20). The average molecular weight is 290 g/mol. The van der Waals surface area contributed by atoms with Crippen molar-refractivity contribution in [1.82, 2.24) is 10.2 Å². The molecule has 2 unspecified atom stereocenters. The van der Waals surface area contributed by atoms with Gasteiger partial charge in [0.1, 0.15) is 0 Å². The van der Waals surface area contributed by atoms with Crippen molar-refractivity contribution in [1.29, 1.82) is 0 Å². The molecule has 0 saturated carbocycles. The minimum Gasteiger partial charge on any atom is -0.481 e. The predicted octanol–water partition coefficient (Wildman–Crippen LogP) is 2.04. The monoisotopic (exact) mass is 290 g/mol. The van der Waals surface area contributed by atoms with Gasteiger partial charge in [0.2, 0.25) is 0 Å². The number of urea groups is 1. The zero-order valence-corrected chi connectivity index (χ0v) is 12.5. The molecule has 0 aromatic heterocycles. The van der Waals surface area contributed by atoms with E-state index in [9.17, 15) is 9.59 Å². The molecule has 0 bridgehead atoms. The van der Waals surface area contributed by atoms with Crippen molar-refractivity contribution in [3.05, 3.63) is 35.4 Å². The van der Waals surface area contributed by atoms with Gasteiger partial charge >= 0.3 is 12.0 Å². The Labute approximate surface area is 125 Å². The van der Waals surface area contributed by atoms with Gasteiger partial charge in [0.25, 0.3) is 0 Å². The zero-order chi connectivity index (χ0) is 15.4. The van der Waals surface area contributed by atoms with Crippen LogP contribution >= 0.6 is 0 Å². The first-order valence-electron chi connectivity index (χ1n) is 7.30.